The van der Waals surface area contributed by atoms with Crippen LogP contribution in [0.4, 0.5) is 0 Å². The molecule has 0 aromatic heterocycles. The molecule has 0 heterocycles. The maximum Gasteiger partial charge on any atom is 0.0766 e. The van der Waals surface area contributed by atoms with E-state index in [0.717, 1.165) is 5.56 Å². The van der Waals surface area contributed by atoms with E-state index >= 15 is 0 Å². The lowest BCUT2D eigenvalue weighted by Crippen LogP contribution is -2.15. The summed E-state index contributed by atoms with van der Waals surface area (Å²) in [5.41, 5.74) is 3.75. The summed E-state index contributed by atoms with van der Waals surface area (Å²) in [7, 11) is 0. The van der Waals surface area contributed by atoms with E-state index in [9.17, 15) is 0 Å². The number of rotatable bonds is 1. The van der Waals surface area contributed by atoms with E-state index in [1.807, 2.05) is 13.8 Å². The van der Waals surface area contributed by atoms with Crippen LogP contribution in [-0.2, 0) is 18.3 Å². The summed E-state index contributed by atoms with van der Waals surface area (Å²) in [4.78, 5) is 0. The third kappa shape index (κ3) is 1.90. The van der Waals surface area contributed by atoms with Gasteiger partial charge in [-0.3, -0.25) is 0 Å². The van der Waals surface area contributed by atoms with Crippen LogP contribution in [0.5, 0.6) is 0 Å². The standard InChI is InChI=1S/C14H17N/c1-14(2,10-15)13-8-7-11-5-3-4-6-12(11)9-13/h7-9H,3-6H2,1-2H3. The SMILES string of the molecule is CC(C)(C#N)c1ccc2c(c1)CCCC2. The molecule has 15 heavy (non-hydrogen) atoms. The Morgan fingerprint density at radius 1 is 1.13 bits per heavy atom. The summed E-state index contributed by atoms with van der Waals surface area (Å²) < 4.78 is 0. The molecule has 0 radical (unpaired) electrons. The highest BCUT2D eigenvalue weighted by Gasteiger charge is 2.21. The van der Waals surface area contributed by atoms with E-state index in [0.29, 0.717) is 0 Å². The average molecular weight is 199 g/mol. The van der Waals surface area contributed by atoms with E-state index in [1.54, 1.807) is 0 Å². The number of aryl methyl sites for hydroxylation is 2. The molecule has 2 rings (SSSR count). The first-order chi connectivity index (χ1) is 7.13. The van der Waals surface area contributed by atoms with Gasteiger partial charge in [0.2, 0.25) is 0 Å². The van der Waals surface area contributed by atoms with Crippen LogP contribution in [-0.4, -0.2) is 0 Å². The molecule has 0 fully saturated rings. The van der Waals surface area contributed by atoms with Crippen LogP contribution in [0.1, 0.15) is 43.4 Å². The Morgan fingerprint density at radius 2 is 1.80 bits per heavy atom. The van der Waals surface area contributed by atoms with Crippen molar-refractivity contribution in [3.05, 3.63) is 34.9 Å². The minimum atomic E-state index is -0.355. The molecule has 0 spiro atoms. The highest BCUT2D eigenvalue weighted by molar-refractivity contribution is 5.39. The molecule has 1 nitrogen and oxygen atoms in total. The Kier molecular flexibility index (Phi) is 2.52. The third-order valence-corrected chi connectivity index (χ3v) is 3.35. The molecular formula is C14H17N. The number of fused-ring (bicyclic) bond motifs is 1. The molecule has 0 amide bonds. The van der Waals surface area contributed by atoms with E-state index in [2.05, 4.69) is 24.3 Å². The molecule has 0 aliphatic heterocycles. The predicted molar refractivity (Wildman–Crippen MR) is 61.7 cm³/mol. The van der Waals surface area contributed by atoms with Crippen LogP contribution in [0.2, 0.25) is 0 Å². The molecule has 78 valence electrons. The van der Waals surface area contributed by atoms with Crippen LogP contribution < -0.4 is 0 Å². The summed E-state index contributed by atoms with van der Waals surface area (Å²) in [6.07, 6.45) is 5.00. The van der Waals surface area contributed by atoms with E-state index in [-0.39, 0.29) is 5.41 Å². The van der Waals surface area contributed by atoms with E-state index in [1.165, 1.54) is 36.8 Å². The number of nitriles is 1. The quantitative estimate of drug-likeness (QED) is 0.680. The second kappa shape index (κ2) is 3.70. The van der Waals surface area contributed by atoms with Gasteiger partial charge in [-0.25, -0.2) is 0 Å². The van der Waals surface area contributed by atoms with Gasteiger partial charge in [-0.2, -0.15) is 5.26 Å². The normalized spacial score (nSPS) is 15.5. The minimum absolute atomic E-state index is 0.355. The number of nitrogens with zero attached hydrogens (tertiary/aromatic N) is 1. The van der Waals surface area contributed by atoms with E-state index in [4.69, 9.17) is 5.26 Å². The molecule has 0 atom stereocenters. The Morgan fingerprint density at radius 3 is 2.47 bits per heavy atom. The van der Waals surface area contributed by atoms with Crippen molar-refractivity contribution >= 4 is 0 Å². The molecule has 0 unspecified atom stereocenters. The molecule has 0 saturated carbocycles. The summed E-state index contributed by atoms with van der Waals surface area (Å²) in [5.74, 6) is 0. The summed E-state index contributed by atoms with van der Waals surface area (Å²) in [6.45, 7) is 3.97. The van der Waals surface area contributed by atoms with Crippen molar-refractivity contribution in [2.75, 3.05) is 0 Å². The zero-order chi connectivity index (χ0) is 10.9. The van der Waals surface area contributed by atoms with Crippen molar-refractivity contribution in [3.63, 3.8) is 0 Å². The van der Waals surface area contributed by atoms with Crippen molar-refractivity contribution in [1.82, 2.24) is 0 Å². The Balaban J connectivity index is 2.41. The lowest BCUT2D eigenvalue weighted by molar-refractivity contribution is 0.662. The molecular weight excluding hydrogens is 182 g/mol. The highest BCUT2D eigenvalue weighted by atomic mass is 14.3. The van der Waals surface area contributed by atoms with Crippen molar-refractivity contribution in [3.8, 4) is 6.07 Å². The molecule has 1 aromatic rings. The van der Waals surface area contributed by atoms with Crippen LogP contribution >= 0.6 is 0 Å². The van der Waals surface area contributed by atoms with Gasteiger partial charge < -0.3 is 0 Å². The fraction of sp³-hybridized carbons (Fsp3) is 0.500. The van der Waals surface area contributed by atoms with Crippen LogP contribution in [0.25, 0.3) is 0 Å². The van der Waals surface area contributed by atoms with Gasteiger partial charge in [0.15, 0.2) is 0 Å². The number of benzene rings is 1. The average Bonchev–Trinajstić information content (AvgIpc) is 2.28. The zero-order valence-electron chi connectivity index (χ0n) is 9.51. The Labute approximate surface area is 91.7 Å². The molecule has 0 bridgehead atoms. The van der Waals surface area contributed by atoms with Crippen LogP contribution in [0.3, 0.4) is 0 Å². The smallest absolute Gasteiger partial charge is 0.0766 e. The second-order valence-corrected chi connectivity index (χ2v) is 4.93. The van der Waals surface area contributed by atoms with Crippen LogP contribution in [0, 0.1) is 11.3 Å². The molecule has 1 aliphatic carbocycles. The molecule has 1 heteroatoms. The van der Waals surface area contributed by atoms with Crippen molar-refractivity contribution < 1.29 is 0 Å². The molecule has 1 aliphatic rings. The molecule has 0 N–H and O–H groups in total. The monoisotopic (exact) mass is 199 g/mol. The van der Waals surface area contributed by atoms with Crippen molar-refractivity contribution in [2.45, 2.75) is 44.9 Å². The first-order valence-electron chi connectivity index (χ1n) is 5.67. The van der Waals surface area contributed by atoms with Gasteiger partial charge in [-0.1, -0.05) is 18.2 Å². The lowest BCUT2D eigenvalue weighted by Gasteiger charge is -2.21. The largest absolute Gasteiger partial charge is 0.197 e. The second-order valence-electron chi connectivity index (χ2n) is 4.93. The summed E-state index contributed by atoms with van der Waals surface area (Å²) in [6, 6.07) is 8.93. The summed E-state index contributed by atoms with van der Waals surface area (Å²) >= 11 is 0. The van der Waals surface area contributed by atoms with Gasteiger partial charge in [0, 0.05) is 0 Å². The van der Waals surface area contributed by atoms with Gasteiger partial charge in [0.25, 0.3) is 0 Å². The van der Waals surface area contributed by atoms with Crippen molar-refractivity contribution in [2.24, 2.45) is 0 Å². The van der Waals surface area contributed by atoms with Gasteiger partial charge in [-0.15, -0.1) is 0 Å². The first kappa shape index (κ1) is 10.2. The van der Waals surface area contributed by atoms with Gasteiger partial charge in [0.1, 0.15) is 0 Å². The van der Waals surface area contributed by atoms with Crippen molar-refractivity contribution in [1.29, 1.82) is 5.26 Å². The predicted octanol–water partition coefficient (Wildman–Crippen LogP) is 3.37. The molecule has 0 saturated heterocycles. The fourth-order valence-electron chi connectivity index (χ4n) is 2.19. The Bertz CT molecular complexity index is 410. The van der Waals surface area contributed by atoms with Gasteiger partial charge >= 0.3 is 0 Å². The van der Waals surface area contributed by atoms with Gasteiger partial charge in [0.05, 0.1) is 11.5 Å². The third-order valence-electron chi connectivity index (χ3n) is 3.35. The zero-order valence-corrected chi connectivity index (χ0v) is 9.51. The topological polar surface area (TPSA) is 23.8 Å². The minimum Gasteiger partial charge on any atom is -0.197 e. The van der Waals surface area contributed by atoms with E-state index < -0.39 is 0 Å². The maximum atomic E-state index is 9.10. The summed E-state index contributed by atoms with van der Waals surface area (Å²) in [5, 5.41) is 9.10. The Hall–Kier alpha value is -1.29. The van der Waals surface area contributed by atoms with Gasteiger partial charge in [-0.05, 0) is 56.2 Å². The maximum absolute atomic E-state index is 9.10. The first-order valence-corrected chi connectivity index (χ1v) is 5.67. The lowest BCUT2D eigenvalue weighted by atomic mass is 9.82. The highest BCUT2D eigenvalue weighted by Crippen LogP contribution is 2.28. The van der Waals surface area contributed by atoms with Crippen LogP contribution in [0.15, 0.2) is 18.2 Å². The number of hydrogen-bond donors (Lipinski definition) is 0. The number of hydrogen-bond acceptors (Lipinski definition) is 1. The molecule has 1 aromatic carbocycles. The fourth-order valence-corrected chi connectivity index (χ4v) is 2.19.